The molecule has 2 rings (SSSR count). The van der Waals surface area contributed by atoms with E-state index in [9.17, 15) is 9.59 Å². The average Bonchev–Trinajstić information content (AvgIpc) is 2.61. The smallest absolute Gasteiger partial charge is 0.337 e. The van der Waals surface area contributed by atoms with Gasteiger partial charge in [0.15, 0.2) is 0 Å². The van der Waals surface area contributed by atoms with Crippen molar-refractivity contribution < 1.29 is 14.3 Å². The number of ether oxygens (including phenoxy) is 1. The van der Waals surface area contributed by atoms with Gasteiger partial charge in [-0.25, -0.2) is 10.2 Å². The monoisotopic (exact) mass is 328 g/mol. The van der Waals surface area contributed by atoms with Crippen LogP contribution in [0, 0.1) is 0 Å². The van der Waals surface area contributed by atoms with Gasteiger partial charge in [0.1, 0.15) is 0 Å². The summed E-state index contributed by atoms with van der Waals surface area (Å²) in [5.41, 5.74) is 3.71. The van der Waals surface area contributed by atoms with Gasteiger partial charge in [0, 0.05) is 4.90 Å². The molecule has 5 nitrogen and oxygen atoms in total. The van der Waals surface area contributed by atoms with Crippen molar-refractivity contribution in [2.45, 2.75) is 4.90 Å². The molecule has 118 valence electrons. The summed E-state index contributed by atoms with van der Waals surface area (Å²) in [6.45, 7) is 0. The molecule has 0 fully saturated rings. The Balaban J connectivity index is 1.79. The van der Waals surface area contributed by atoms with Crippen LogP contribution in [0.2, 0.25) is 0 Å². The minimum absolute atomic E-state index is 0.179. The quantitative estimate of drug-likeness (QED) is 0.383. The van der Waals surface area contributed by atoms with E-state index in [1.807, 2.05) is 30.3 Å². The van der Waals surface area contributed by atoms with E-state index in [4.69, 9.17) is 0 Å². The van der Waals surface area contributed by atoms with Crippen molar-refractivity contribution in [1.82, 2.24) is 5.43 Å². The Bertz CT molecular complexity index is 685. The summed E-state index contributed by atoms with van der Waals surface area (Å²) >= 11 is 1.45. The summed E-state index contributed by atoms with van der Waals surface area (Å²) in [6, 6.07) is 16.4. The Kier molecular flexibility index (Phi) is 6.38. The molecule has 1 N–H and O–H groups in total. The standard InChI is InChI=1S/C17H16N2O3S/c1-22-17(21)14-9-7-13(8-10-14)11-18-19-16(20)12-23-15-5-3-2-4-6-15/h2-11H,12H2,1H3,(H,19,20)/b18-11+. The van der Waals surface area contributed by atoms with Crippen molar-refractivity contribution in [3.8, 4) is 0 Å². The zero-order valence-electron chi connectivity index (χ0n) is 12.6. The van der Waals surface area contributed by atoms with Crippen molar-refractivity contribution in [2.75, 3.05) is 12.9 Å². The number of nitrogens with zero attached hydrogens (tertiary/aromatic N) is 1. The predicted octanol–water partition coefficient (Wildman–Crippen LogP) is 2.72. The van der Waals surface area contributed by atoms with E-state index in [1.54, 1.807) is 24.3 Å². The van der Waals surface area contributed by atoms with Gasteiger partial charge in [-0.15, -0.1) is 11.8 Å². The van der Waals surface area contributed by atoms with Gasteiger partial charge in [-0.1, -0.05) is 30.3 Å². The maximum Gasteiger partial charge on any atom is 0.337 e. The largest absolute Gasteiger partial charge is 0.465 e. The minimum atomic E-state index is -0.389. The van der Waals surface area contributed by atoms with Crippen molar-refractivity contribution >= 4 is 29.9 Å². The SMILES string of the molecule is COC(=O)c1ccc(/C=N/NC(=O)CSc2ccccc2)cc1. The lowest BCUT2D eigenvalue weighted by Gasteiger charge is -2.01. The molecule has 0 aliphatic carbocycles. The van der Waals surface area contributed by atoms with Crippen LogP contribution in [0.15, 0.2) is 64.6 Å². The van der Waals surface area contributed by atoms with E-state index in [0.717, 1.165) is 10.5 Å². The van der Waals surface area contributed by atoms with Gasteiger partial charge >= 0.3 is 5.97 Å². The third-order valence-electron chi connectivity index (χ3n) is 2.85. The number of amides is 1. The van der Waals surface area contributed by atoms with Gasteiger partial charge in [0.2, 0.25) is 5.91 Å². The summed E-state index contributed by atoms with van der Waals surface area (Å²) in [4.78, 5) is 24.0. The fraction of sp³-hybridized carbons (Fsp3) is 0.118. The number of carbonyl (C=O) groups is 2. The molecule has 0 atom stereocenters. The van der Waals surface area contributed by atoms with E-state index in [-0.39, 0.29) is 11.9 Å². The van der Waals surface area contributed by atoms with Crippen LogP contribution in [-0.4, -0.2) is 31.0 Å². The first-order chi connectivity index (χ1) is 11.2. The van der Waals surface area contributed by atoms with Crippen LogP contribution in [0.25, 0.3) is 0 Å². The molecule has 0 radical (unpaired) electrons. The lowest BCUT2D eigenvalue weighted by molar-refractivity contribution is -0.118. The van der Waals surface area contributed by atoms with E-state index in [0.29, 0.717) is 11.3 Å². The fourth-order valence-corrected chi connectivity index (χ4v) is 2.41. The fourth-order valence-electron chi connectivity index (χ4n) is 1.70. The van der Waals surface area contributed by atoms with E-state index in [2.05, 4.69) is 15.3 Å². The number of benzene rings is 2. The summed E-state index contributed by atoms with van der Waals surface area (Å²) in [7, 11) is 1.33. The normalized spacial score (nSPS) is 10.5. The van der Waals surface area contributed by atoms with Crippen LogP contribution in [0.1, 0.15) is 15.9 Å². The van der Waals surface area contributed by atoms with Crippen molar-refractivity contribution in [2.24, 2.45) is 5.10 Å². The highest BCUT2D eigenvalue weighted by Crippen LogP contribution is 2.16. The van der Waals surface area contributed by atoms with Gasteiger partial charge in [-0.2, -0.15) is 5.10 Å². The maximum absolute atomic E-state index is 11.7. The number of hydrogen-bond acceptors (Lipinski definition) is 5. The third kappa shape index (κ3) is 5.60. The Morgan fingerprint density at radius 3 is 2.48 bits per heavy atom. The summed E-state index contributed by atoms with van der Waals surface area (Å²) in [5, 5.41) is 3.89. The number of carbonyl (C=O) groups excluding carboxylic acids is 2. The summed E-state index contributed by atoms with van der Waals surface area (Å²) in [5.74, 6) is -0.274. The Morgan fingerprint density at radius 1 is 1.13 bits per heavy atom. The molecule has 1 amide bonds. The molecule has 6 heteroatoms. The molecule has 0 saturated heterocycles. The molecular weight excluding hydrogens is 312 g/mol. The van der Waals surface area contributed by atoms with Crippen molar-refractivity contribution in [3.05, 3.63) is 65.7 Å². The zero-order chi connectivity index (χ0) is 16.5. The number of hydrogen-bond donors (Lipinski definition) is 1. The topological polar surface area (TPSA) is 67.8 Å². The van der Waals surface area contributed by atoms with E-state index >= 15 is 0 Å². The van der Waals surface area contributed by atoms with Gasteiger partial charge in [0.25, 0.3) is 0 Å². The van der Waals surface area contributed by atoms with Gasteiger partial charge < -0.3 is 4.74 Å². The molecular formula is C17H16N2O3S. The average molecular weight is 328 g/mol. The van der Waals surface area contributed by atoms with Crippen molar-refractivity contribution in [3.63, 3.8) is 0 Å². The number of methoxy groups -OCH3 is 1. The molecule has 0 aliphatic rings. The first-order valence-corrected chi connectivity index (χ1v) is 7.86. The van der Waals surface area contributed by atoms with Crippen LogP contribution in [0.5, 0.6) is 0 Å². The van der Waals surface area contributed by atoms with Crippen LogP contribution in [-0.2, 0) is 9.53 Å². The molecule has 0 aliphatic heterocycles. The predicted molar refractivity (Wildman–Crippen MR) is 90.7 cm³/mol. The number of rotatable bonds is 6. The second-order valence-corrected chi connectivity index (χ2v) is 5.56. The summed E-state index contributed by atoms with van der Waals surface area (Å²) < 4.78 is 4.62. The molecule has 0 bridgehead atoms. The highest BCUT2D eigenvalue weighted by Gasteiger charge is 2.03. The van der Waals surface area contributed by atoms with Crippen LogP contribution in [0.3, 0.4) is 0 Å². The first kappa shape index (κ1) is 16.8. The maximum atomic E-state index is 11.7. The van der Waals surface area contributed by atoms with Gasteiger partial charge in [0.05, 0.1) is 24.6 Å². The molecule has 0 unspecified atom stereocenters. The number of nitrogens with one attached hydrogen (secondary N) is 1. The molecule has 23 heavy (non-hydrogen) atoms. The lowest BCUT2D eigenvalue weighted by atomic mass is 10.1. The Hall–Kier alpha value is -2.60. The van der Waals surface area contributed by atoms with Gasteiger partial charge in [-0.3, -0.25) is 4.79 Å². The minimum Gasteiger partial charge on any atom is -0.465 e. The zero-order valence-corrected chi connectivity index (χ0v) is 13.4. The molecule has 2 aromatic carbocycles. The molecule has 0 heterocycles. The lowest BCUT2D eigenvalue weighted by Crippen LogP contribution is -2.19. The van der Waals surface area contributed by atoms with Gasteiger partial charge in [-0.05, 0) is 29.8 Å². The van der Waals surface area contributed by atoms with Crippen LogP contribution in [0.4, 0.5) is 0 Å². The number of thioether (sulfide) groups is 1. The second-order valence-electron chi connectivity index (χ2n) is 4.51. The van der Waals surface area contributed by atoms with Crippen LogP contribution >= 0.6 is 11.8 Å². The van der Waals surface area contributed by atoms with Crippen molar-refractivity contribution in [1.29, 1.82) is 0 Å². The first-order valence-electron chi connectivity index (χ1n) is 6.87. The molecule has 0 aromatic heterocycles. The Labute approximate surface area is 138 Å². The number of hydrazone groups is 1. The highest BCUT2D eigenvalue weighted by molar-refractivity contribution is 8.00. The highest BCUT2D eigenvalue weighted by atomic mass is 32.2. The Morgan fingerprint density at radius 2 is 1.83 bits per heavy atom. The molecule has 0 saturated carbocycles. The van der Waals surface area contributed by atoms with E-state index < -0.39 is 0 Å². The summed E-state index contributed by atoms with van der Waals surface area (Å²) in [6.07, 6.45) is 1.52. The third-order valence-corrected chi connectivity index (χ3v) is 3.86. The molecule has 0 spiro atoms. The second kappa shape index (κ2) is 8.75. The van der Waals surface area contributed by atoms with Crippen LogP contribution < -0.4 is 5.43 Å². The van der Waals surface area contributed by atoms with E-state index in [1.165, 1.54) is 25.1 Å². The molecule has 2 aromatic rings. The number of esters is 1.